The van der Waals surface area contributed by atoms with Gasteiger partial charge in [0.15, 0.2) is 0 Å². The van der Waals surface area contributed by atoms with Crippen LogP contribution in [-0.2, 0) is 16.6 Å². The fourth-order valence-electron chi connectivity index (χ4n) is 2.63. The molecule has 1 unspecified atom stereocenters. The predicted molar refractivity (Wildman–Crippen MR) is 86.0 cm³/mol. The number of hydrogen-bond donors (Lipinski definition) is 1. The summed E-state index contributed by atoms with van der Waals surface area (Å²) in [4.78, 5) is 0.292. The summed E-state index contributed by atoms with van der Waals surface area (Å²) < 4.78 is 26.8. The second-order valence-electron chi connectivity index (χ2n) is 5.54. The van der Waals surface area contributed by atoms with Crippen molar-refractivity contribution in [2.75, 3.05) is 13.1 Å². The van der Waals surface area contributed by atoms with Gasteiger partial charge in [-0.25, -0.2) is 8.42 Å². The zero-order chi connectivity index (χ0) is 15.5. The molecule has 1 aliphatic heterocycles. The van der Waals surface area contributed by atoms with Gasteiger partial charge in [-0.15, -0.1) is 0 Å². The van der Waals surface area contributed by atoms with Crippen molar-refractivity contribution in [1.82, 2.24) is 9.62 Å². The molecule has 1 saturated heterocycles. The molecule has 0 amide bonds. The Bertz CT molecular complexity index is 589. The molecule has 1 N–H and O–H groups in total. The molecule has 21 heavy (non-hydrogen) atoms. The minimum absolute atomic E-state index is 0.0691. The lowest BCUT2D eigenvalue weighted by atomic mass is 10.2. The average molecular weight is 331 g/mol. The number of nitrogens with one attached hydrogen (secondary N) is 1. The SMILES string of the molecule is CCCNCc1ccc(S(=O)(=O)N2CCCC2C)cc1Cl. The van der Waals surface area contributed by atoms with Gasteiger partial charge in [0.2, 0.25) is 10.0 Å². The maximum absolute atomic E-state index is 12.6. The maximum Gasteiger partial charge on any atom is 0.243 e. The Labute approximate surface area is 132 Å². The van der Waals surface area contributed by atoms with E-state index in [4.69, 9.17) is 11.6 Å². The van der Waals surface area contributed by atoms with Crippen molar-refractivity contribution in [2.24, 2.45) is 0 Å². The van der Waals surface area contributed by atoms with Gasteiger partial charge in [-0.05, 0) is 50.4 Å². The largest absolute Gasteiger partial charge is 0.313 e. The minimum Gasteiger partial charge on any atom is -0.313 e. The van der Waals surface area contributed by atoms with Gasteiger partial charge in [-0.2, -0.15) is 4.31 Å². The van der Waals surface area contributed by atoms with Crippen LogP contribution in [0, 0.1) is 0 Å². The Morgan fingerprint density at radius 2 is 2.19 bits per heavy atom. The Hall–Kier alpha value is -0.620. The molecular weight excluding hydrogens is 308 g/mol. The van der Waals surface area contributed by atoms with Crippen molar-refractivity contribution in [1.29, 1.82) is 0 Å². The molecule has 1 aromatic rings. The number of halogens is 1. The predicted octanol–water partition coefficient (Wildman–Crippen LogP) is 3.01. The summed E-state index contributed by atoms with van der Waals surface area (Å²) in [5, 5.41) is 3.77. The van der Waals surface area contributed by atoms with E-state index >= 15 is 0 Å². The van der Waals surface area contributed by atoms with Crippen molar-refractivity contribution in [3.63, 3.8) is 0 Å². The fourth-order valence-corrected chi connectivity index (χ4v) is 4.67. The second kappa shape index (κ2) is 7.09. The second-order valence-corrected chi connectivity index (χ2v) is 7.83. The van der Waals surface area contributed by atoms with E-state index in [1.165, 1.54) is 0 Å². The molecule has 0 spiro atoms. The van der Waals surface area contributed by atoms with Gasteiger partial charge < -0.3 is 5.32 Å². The summed E-state index contributed by atoms with van der Waals surface area (Å²) in [7, 11) is -3.42. The number of rotatable bonds is 6. The van der Waals surface area contributed by atoms with Gasteiger partial charge in [0, 0.05) is 24.2 Å². The zero-order valence-electron chi connectivity index (χ0n) is 12.6. The van der Waals surface area contributed by atoms with Crippen molar-refractivity contribution >= 4 is 21.6 Å². The maximum atomic E-state index is 12.6. The van der Waals surface area contributed by atoms with E-state index in [2.05, 4.69) is 12.2 Å². The van der Waals surface area contributed by atoms with E-state index in [9.17, 15) is 8.42 Å². The number of sulfonamides is 1. The van der Waals surface area contributed by atoms with Crippen molar-refractivity contribution < 1.29 is 8.42 Å². The Morgan fingerprint density at radius 1 is 1.43 bits per heavy atom. The van der Waals surface area contributed by atoms with Crippen LogP contribution >= 0.6 is 11.6 Å². The number of hydrogen-bond acceptors (Lipinski definition) is 3. The third-order valence-electron chi connectivity index (χ3n) is 3.87. The van der Waals surface area contributed by atoms with Crippen LogP contribution in [0.4, 0.5) is 0 Å². The van der Waals surface area contributed by atoms with Gasteiger partial charge in [-0.3, -0.25) is 0 Å². The smallest absolute Gasteiger partial charge is 0.243 e. The molecule has 1 heterocycles. The van der Waals surface area contributed by atoms with Crippen LogP contribution in [0.2, 0.25) is 5.02 Å². The van der Waals surface area contributed by atoms with Crippen molar-refractivity contribution in [3.05, 3.63) is 28.8 Å². The van der Waals surface area contributed by atoms with Crippen LogP contribution in [0.1, 0.15) is 38.7 Å². The highest BCUT2D eigenvalue weighted by Gasteiger charge is 2.32. The normalized spacial score (nSPS) is 20.0. The first-order chi connectivity index (χ1) is 9.96. The molecule has 0 saturated carbocycles. The standard InChI is InChI=1S/C15H23ClN2O2S/c1-3-8-17-11-13-6-7-14(10-15(13)16)21(19,20)18-9-4-5-12(18)2/h6-7,10,12,17H,3-5,8-9,11H2,1-2H3. The first-order valence-electron chi connectivity index (χ1n) is 7.47. The third kappa shape index (κ3) is 3.77. The van der Waals surface area contributed by atoms with Gasteiger partial charge in [0.1, 0.15) is 0 Å². The van der Waals surface area contributed by atoms with Crippen LogP contribution in [-0.4, -0.2) is 31.9 Å². The van der Waals surface area contributed by atoms with Crippen LogP contribution in [0.15, 0.2) is 23.1 Å². The lowest BCUT2D eigenvalue weighted by molar-refractivity contribution is 0.408. The first-order valence-corrected chi connectivity index (χ1v) is 9.29. The molecule has 0 aliphatic carbocycles. The van der Waals surface area contributed by atoms with Crippen LogP contribution < -0.4 is 5.32 Å². The summed E-state index contributed by atoms with van der Waals surface area (Å²) in [6, 6.07) is 5.11. The number of nitrogens with zero attached hydrogens (tertiary/aromatic N) is 1. The third-order valence-corrected chi connectivity index (χ3v) is 6.23. The molecule has 118 valence electrons. The molecule has 0 bridgehead atoms. The fraction of sp³-hybridized carbons (Fsp3) is 0.600. The van der Waals surface area contributed by atoms with Gasteiger partial charge in [-0.1, -0.05) is 24.6 Å². The molecule has 1 atom stereocenters. The highest BCUT2D eigenvalue weighted by molar-refractivity contribution is 7.89. The highest BCUT2D eigenvalue weighted by Crippen LogP contribution is 2.28. The average Bonchev–Trinajstić information content (AvgIpc) is 2.87. The van der Waals surface area contributed by atoms with Crippen molar-refractivity contribution in [2.45, 2.75) is 50.6 Å². The molecule has 4 nitrogen and oxygen atoms in total. The van der Waals surface area contributed by atoms with E-state index in [1.54, 1.807) is 22.5 Å². The summed E-state index contributed by atoms with van der Waals surface area (Å²) in [5.41, 5.74) is 0.929. The molecule has 1 aliphatic rings. The molecular formula is C15H23ClN2O2S. The van der Waals surface area contributed by atoms with Crippen LogP contribution in [0.25, 0.3) is 0 Å². The molecule has 1 aromatic carbocycles. The van der Waals surface area contributed by atoms with Crippen molar-refractivity contribution in [3.8, 4) is 0 Å². The Kier molecular flexibility index (Phi) is 5.66. The van der Waals surface area contributed by atoms with Crippen LogP contribution in [0.5, 0.6) is 0 Å². The summed E-state index contributed by atoms with van der Waals surface area (Å²) in [6.07, 6.45) is 2.90. The van der Waals surface area contributed by atoms with Crippen LogP contribution in [0.3, 0.4) is 0 Å². The molecule has 1 fully saturated rings. The van der Waals surface area contributed by atoms with E-state index in [0.29, 0.717) is 23.0 Å². The summed E-state index contributed by atoms with van der Waals surface area (Å²) >= 11 is 6.23. The quantitative estimate of drug-likeness (QED) is 0.816. The lowest BCUT2D eigenvalue weighted by Gasteiger charge is -2.21. The first kappa shape index (κ1) is 16.7. The van der Waals surface area contributed by atoms with Gasteiger partial charge in [0.05, 0.1) is 4.90 Å². The Balaban J connectivity index is 2.19. The number of benzene rings is 1. The monoisotopic (exact) mass is 330 g/mol. The zero-order valence-corrected chi connectivity index (χ0v) is 14.2. The molecule has 6 heteroatoms. The van der Waals surface area contributed by atoms with E-state index < -0.39 is 10.0 Å². The van der Waals surface area contributed by atoms with E-state index in [0.717, 1.165) is 31.4 Å². The minimum atomic E-state index is -3.42. The highest BCUT2D eigenvalue weighted by atomic mass is 35.5. The Morgan fingerprint density at radius 3 is 2.76 bits per heavy atom. The van der Waals surface area contributed by atoms with E-state index in [1.807, 2.05) is 6.92 Å². The molecule has 0 aromatic heterocycles. The van der Waals surface area contributed by atoms with E-state index in [-0.39, 0.29) is 6.04 Å². The summed E-state index contributed by atoms with van der Waals surface area (Å²) in [5.74, 6) is 0. The topological polar surface area (TPSA) is 49.4 Å². The van der Waals surface area contributed by atoms with Gasteiger partial charge in [0.25, 0.3) is 0 Å². The lowest BCUT2D eigenvalue weighted by Crippen LogP contribution is -2.33. The molecule has 2 rings (SSSR count). The summed E-state index contributed by atoms with van der Waals surface area (Å²) in [6.45, 7) is 6.23. The molecule has 0 radical (unpaired) electrons. The van der Waals surface area contributed by atoms with Gasteiger partial charge >= 0.3 is 0 Å².